The van der Waals surface area contributed by atoms with Crippen molar-refractivity contribution in [2.24, 2.45) is 0 Å². The van der Waals surface area contributed by atoms with E-state index in [1.165, 1.54) is 23.1 Å². The second-order valence-corrected chi connectivity index (χ2v) is 6.47. The molecule has 30 heavy (non-hydrogen) atoms. The average Bonchev–Trinajstić information content (AvgIpc) is 2.68. The summed E-state index contributed by atoms with van der Waals surface area (Å²) in [7, 11) is 0. The van der Waals surface area contributed by atoms with Gasteiger partial charge in [0.25, 0.3) is 0 Å². The Morgan fingerprint density at radius 1 is 1.00 bits per heavy atom. The summed E-state index contributed by atoms with van der Waals surface area (Å²) in [5.74, 6) is -1.02. The zero-order chi connectivity index (χ0) is 22.1. The van der Waals surface area contributed by atoms with Gasteiger partial charge in [0, 0.05) is 5.69 Å². The molecule has 0 spiro atoms. The third-order valence-corrected chi connectivity index (χ3v) is 4.21. The maximum absolute atomic E-state index is 13.0. The molecule has 0 atom stereocenters. The number of amides is 2. The second-order valence-electron chi connectivity index (χ2n) is 6.47. The highest BCUT2D eigenvalue weighted by molar-refractivity contribution is 5.95. The molecular formula is C21H21F3N4O2. The molecule has 0 heterocycles. The Hall–Kier alpha value is -3.38. The normalized spacial score (nSPS) is 11.1. The van der Waals surface area contributed by atoms with Crippen molar-refractivity contribution < 1.29 is 22.8 Å². The number of carbonyl (C=O) groups excluding carboxylic acids is 2. The molecule has 0 fully saturated rings. The highest BCUT2D eigenvalue weighted by Crippen LogP contribution is 2.34. The number of anilines is 2. The summed E-state index contributed by atoms with van der Waals surface area (Å²) in [4.78, 5) is 26.0. The molecule has 0 aliphatic rings. The van der Waals surface area contributed by atoms with Gasteiger partial charge in [0.1, 0.15) is 0 Å². The van der Waals surface area contributed by atoms with Crippen LogP contribution in [0.5, 0.6) is 0 Å². The Morgan fingerprint density at radius 3 is 2.17 bits per heavy atom. The summed E-state index contributed by atoms with van der Waals surface area (Å²) < 4.78 is 39.1. The molecule has 158 valence electrons. The van der Waals surface area contributed by atoms with Crippen molar-refractivity contribution >= 4 is 23.2 Å². The number of carbonyl (C=O) groups is 2. The third kappa shape index (κ3) is 6.90. The van der Waals surface area contributed by atoms with Crippen LogP contribution in [0.3, 0.4) is 0 Å². The first-order valence-corrected chi connectivity index (χ1v) is 9.17. The van der Waals surface area contributed by atoms with Crippen molar-refractivity contribution in [2.45, 2.75) is 19.5 Å². The van der Waals surface area contributed by atoms with Crippen LogP contribution < -0.4 is 10.6 Å². The van der Waals surface area contributed by atoms with E-state index < -0.39 is 17.6 Å². The van der Waals surface area contributed by atoms with Crippen LogP contribution in [-0.2, 0) is 22.2 Å². The fourth-order valence-corrected chi connectivity index (χ4v) is 2.71. The number of nitrogens with one attached hydrogen (secondary N) is 2. The van der Waals surface area contributed by atoms with E-state index in [4.69, 9.17) is 5.26 Å². The van der Waals surface area contributed by atoms with E-state index in [1.54, 1.807) is 31.2 Å². The molecule has 2 aromatic rings. The van der Waals surface area contributed by atoms with Gasteiger partial charge >= 0.3 is 6.18 Å². The number of para-hydroxylation sites is 1. The van der Waals surface area contributed by atoms with Crippen LogP contribution in [0.15, 0.2) is 48.5 Å². The first kappa shape index (κ1) is 22.9. The highest BCUT2D eigenvalue weighted by atomic mass is 19.4. The van der Waals surface area contributed by atoms with Gasteiger partial charge in [-0.25, -0.2) is 0 Å². The molecule has 0 saturated carbocycles. The zero-order valence-electron chi connectivity index (χ0n) is 16.3. The average molecular weight is 418 g/mol. The first-order valence-electron chi connectivity index (χ1n) is 9.17. The van der Waals surface area contributed by atoms with E-state index in [0.29, 0.717) is 12.2 Å². The largest absolute Gasteiger partial charge is 0.418 e. The predicted octanol–water partition coefficient (Wildman–Crippen LogP) is 3.67. The van der Waals surface area contributed by atoms with Crippen molar-refractivity contribution in [3.63, 3.8) is 0 Å². The van der Waals surface area contributed by atoms with Gasteiger partial charge < -0.3 is 10.6 Å². The topological polar surface area (TPSA) is 85.2 Å². The van der Waals surface area contributed by atoms with Crippen molar-refractivity contribution in [1.82, 2.24) is 4.90 Å². The Balaban J connectivity index is 1.93. The van der Waals surface area contributed by atoms with Gasteiger partial charge in [0.05, 0.1) is 36.8 Å². The number of nitrogens with zero attached hydrogens (tertiary/aromatic N) is 2. The molecule has 2 N–H and O–H groups in total. The fraction of sp³-hybridized carbons (Fsp3) is 0.286. The first-order chi connectivity index (χ1) is 14.2. The second kappa shape index (κ2) is 10.4. The van der Waals surface area contributed by atoms with Gasteiger partial charge in [-0.2, -0.15) is 18.4 Å². The Labute approximate surface area is 172 Å². The van der Waals surface area contributed by atoms with Crippen LogP contribution in [0.1, 0.15) is 18.1 Å². The minimum Gasteiger partial charge on any atom is -0.325 e. The summed E-state index contributed by atoms with van der Waals surface area (Å²) in [6.45, 7) is 1.74. The van der Waals surface area contributed by atoms with Gasteiger partial charge in [0.2, 0.25) is 11.8 Å². The number of nitriles is 1. The molecule has 2 rings (SSSR count). The maximum atomic E-state index is 13.0. The Bertz CT molecular complexity index is 921. The molecule has 9 heteroatoms. The smallest absolute Gasteiger partial charge is 0.325 e. The molecule has 0 aliphatic heterocycles. The summed E-state index contributed by atoms with van der Waals surface area (Å²) in [5, 5.41) is 13.6. The standard InChI is InChI=1S/C21H21F3N4O2/c1-2-28(13-19(29)26-16-9-7-15(8-10-16)11-12-25)14-20(30)27-18-6-4-3-5-17(18)21(22,23)24/h3-10H,2,11,13-14H2,1H3,(H,26,29)(H,27,30). The van der Waals surface area contributed by atoms with Gasteiger partial charge in [-0.3, -0.25) is 14.5 Å². The van der Waals surface area contributed by atoms with Gasteiger partial charge in [0.15, 0.2) is 0 Å². The number of hydrogen-bond donors (Lipinski definition) is 2. The molecule has 0 aliphatic carbocycles. The van der Waals surface area contributed by atoms with Crippen LogP contribution in [-0.4, -0.2) is 36.3 Å². The lowest BCUT2D eigenvalue weighted by Gasteiger charge is -2.20. The third-order valence-electron chi connectivity index (χ3n) is 4.21. The molecular weight excluding hydrogens is 397 g/mol. The molecule has 0 saturated heterocycles. The predicted molar refractivity (Wildman–Crippen MR) is 107 cm³/mol. The van der Waals surface area contributed by atoms with Gasteiger partial charge in [-0.05, 0) is 36.4 Å². The van der Waals surface area contributed by atoms with Crippen LogP contribution in [0.4, 0.5) is 24.5 Å². The summed E-state index contributed by atoms with van der Waals surface area (Å²) in [5.41, 5.74) is 0.106. The fourth-order valence-electron chi connectivity index (χ4n) is 2.71. The van der Waals surface area contributed by atoms with Crippen molar-refractivity contribution in [3.8, 4) is 6.07 Å². The summed E-state index contributed by atoms with van der Waals surface area (Å²) >= 11 is 0. The number of likely N-dealkylation sites (N-methyl/N-ethyl adjacent to an activating group) is 1. The highest BCUT2D eigenvalue weighted by Gasteiger charge is 2.33. The Morgan fingerprint density at radius 2 is 1.60 bits per heavy atom. The Kier molecular flexibility index (Phi) is 7.95. The minimum absolute atomic E-state index is 0.106. The molecule has 6 nitrogen and oxygen atoms in total. The van der Waals surface area contributed by atoms with Crippen LogP contribution in [0, 0.1) is 11.3 Å². The van der Waals surface area contributed by atoms with Crippen molar-refractivity contribution in [3.05, 3.63) is 59.7 Å². The lowest BCUT2D eigenvalue weighted by atomic mass is 10.1. The van der Waals surface area contributed by atoms with E-state index >= 15 is 0 Å². The van der Waals surface area contributed by atoms with Crippen molar-refractivity contribution in [1.29, 1.82) is 5.26 Å². The number of benzene rings is 2. The molecule has 0 radical (unpaired) electrons. The van der Waals surface area contributed by atoms with E-state index in [1.807, 2.05) is 6.07 Å². The number of rotatable bonds is 8. The molecule has 2 amide bonds. The molecule has 0 unspecified atom stereocenters. The van der Waals surface area contributed by atoms with Crippen molar-refractivity contribution in [2.75, 3.05) is 30.3 Å². The summed E-state index contributed by atoms with van der Waals surface area (Å²) in [6.07, 6.45) is -4.32. The minimum atomic E-state index is -4.59. The maximum Gasteiger partial charge on any atom is 0.418 e. The molecule has 0 aromatic heterocycles. The number of halogens is 3. The zero-order valence-corrected chi connectivity index (χ0v) is 16.3. The van der Waals surface area contributed by atoms with E-state index in [9.17, 15) is 22.8 Å². The lowest BCUT2D eigenvalue weighted by Crippen LogP contribution is -2.38. The quantitative estimate of drug-likeness (QED) is 0.685. The number of alkyl halides is 3. The molecule has 0 bridgehead atoms. The SMILES string of the molecule is CCN(CC(=O)Nc1ccc(CC#N)cc1)CC(=O)Nc1ccccc1C(F)(F)F. The van der Waals surface area contributed by atoms with E-state index in [-0.39, 0.29) is 31.1 Å². The van der Waals surface area contributed by atoms with Crippen LogP contribution in [0.25, 0.3) is 0 Å². The summed E-state index contributed by atoms with van der Waals surface area (Å²) in [6, 6.07) is 13.5. The van der Waals surface area contributed by atoms with Gasteiger partial charge in [-0.1, -0.05) is 31.2 Å². The number of hydrogen-bond acceptors (Lipinski definition) is 4. The lowest BCUT2D eigenvalue weighted by molar-refractivity contribution is -0.137. The van der Waals surface area contributed by atoms with Crippen LogP contribution in [0.2, 0.25) is 0 Å². The monoisotopic (exact) mass is 418 g/mol. The van der Waals surface area contributed by atoms with Crippen LogP contribution >= 0.6 is 0 Å². The van der Waals surface area contributed by atoms with Gasteiger partial charge in [-0.15, -0.1) is 0 Å². The van der Waals surface area contributed by atoms with E-state index in [2.05, 4.69) is 10.6 Å². The van der Waals surface area contributed by atoms with E-state index in [0.717, 1.165) is 11.6 Å². The molecule has 2 aromatic carbocycles.